The molecule has 17 nitrogen and oxygen atoms in total. The molecule has 0 spiro atoms. The van der Waals surface area contributed by atoms with E-state index in [9.17, 15) is 43.2 Å². The molecule has 0 aromatic heterocycles. The van der Waals surface area contributed by atoms with Gasteiger partial charge in [0.15, 0.2) is 12.2 Å². The summed E-state index contributed by atoms with van der Waals surface area (Å²) < 4.78 is 68.8. The summed E-state index contributed by atoms with van der Waals surface area (Å²) in [5.74, 6) is 1.04. The molecule has 0 aliphatic carbocycles. The first-order valence-electron chi connectivity index (χ1n) is 41.7. The summed E-state index contributed by atoms with van der Waals surface area (Å²) in [4.78, 5) is 73.1. The van der Waals surface area contributed by atoms with E-state index < -0.39 is 97.5 Å². The number of unbranched alkanes of at least 4 members (excludes halogenated alkanes) is 43. The van der Waals surface area contributed by atoms with Crippen LogP contribution in [0.15, 0.2) is 0 Å². The van der Waals surface area contributed by atoms with Gasteiger partial charge in [0, 0.05) is 25.7 Å². The summed E-state index contributed by atoms with van der Waals surface area (Å²) in [5.41, 5.74) is 0. The summed E-state index contributed by atoms with van der Waals surface area (Å²) in [5, 5.41) is 10.6. The molecule has 0 aliphatic rings. The first-order valence-corrected chi connectivity index (χ1v) is 44.7. The number of aliphatic hydroxyl groups is 1. The van der Waals surface area contributed by atoms with Crippen LogP contribution in [0.5, 0.6) is 0 Å². The van der Waals surface area contributed by atoms with E-state index in [0.717, 1.165) is 114 Å². The minimum absolute atomic E-state index is 0.106. The van der Waals surface area contributed by atoms with Gasteiger partial charge in [-0.25, -0.2) is 9.13 Å². The van der Waals surface area contributed by atoms with Crippen LogP contribution in [0.4, 0.5) is 0 Å². The Kier molecular flexibility index (Phi) is 68.7. The Morgan fingerprint density at radius 1 is 0.280 bits per heavy atom. The topological polar surface area (TPSA) is 237 Å². The molecule has 0 amide bonds. The van der Waals surface area contributed by atoms with Gasteiger partial charge in [0.25, 0.3) is 0 Å². The number of hydrogen-bond acceptors (Lipinski definition) is 15. The molecule has 0 saturated heterocycles. The zero-order valence-electron chi connectivity index (χ0n) is 65.8. The van der Waals surface area contributed by atoms with Crippen LogP contribution >= 0.6 is 15.6 Å². The number of esters is 4. The molecule has 0 heterocycles. The van der Waals surface area contributed by atoms with Crippen molar-refractivity contribution in [2.24, 2.45) is 23.7 Å². The van der Waals surface area contributed by atoms with Crippen molar-refractivity contribution in [1.29, 1.82) is 0 Å². The van der Waals surface area contributed by atoms with Gasteiger partial charge in [0.05, 0.1) is 26.4 Å². The molecule has 594 valence electrons. The lowest BCUT2D eigenvalue weighted by molar-refractivity contribution is -0.161. The summed E-state index contributed by atoms with van der Waals surface area (Å²) in [6, 6.07) is 0. The number of phosphoric ester groups is 2. The van der Waals surface area contributed by atoms with Gasteiger partial charge in [-0.3, -0.25) is 37.3 Å². The Balaban J connectivity index is 5.27. The molecule has 0 aromatic rings. The normalized spacial score (nSPS) is 14.3. The van der Waals surface area contributed by atoms with Gasteiger partial charge in [-0.05, 0) is 49.4 Å². The molecular formula is C81H158O17P2. The number of ether oxygens (including phenoxy) is 4. The third kappa shape index (κ3) is 73.0. The van der Waals surface area contributed by atoms with Crippen LogP contribution < -0.4 is 0 Å². The average molecular weight is 1470 g/mol. The predicted molar refractivity (Wildman–Crippen MR) is 409 cm³/mol. The van der Waals surface area contributed by atoms with E-state index in [0.29, 0.717) is 25.7 Å². The van der Waals surface area contributed by atoms with Crippen molar-refractivity contribution in [3.8, 4) is 0 Å². The van der Waals surface area contributed by atoms with Crippen molar-refractivity contribution < 1.29 is 80.2 Å². The second kappa shape index (κ2) is 70.1. The zero-order chi connectivity index (χ0) is 73.8. The molecule has 0 aromatic carbocycles. The van der Waals surface area contributed by atoms with Gasteiger partial charge in [0.1, 0.15) is 19.3 Å². The van der Waals surface area contributed by atoms with Crippen LogP contribution in [0.2, 0.25) is 0 Å². The van der Waals surface area contributed by atoms with Crippen LogP contribution in [-0.4, -0.2) is 96.7 Å². The summed E-state index contributed by atoms with van der Waals surface area (Å²) in [7, 11) is -9.92. The number of hydrogen-bond donors (Lipinski definition) is 3. The minimum atomic E-state index is -4.96. The third-order valence-corrected chi connectivity index (χ3v) is 21.1. The largest absolute Gasteiger partial charge is 0.472 e. The highest BCUT2D eigenvalue weighted by Gasteiger charge is 2.30. The lowest BCUT2D eigenvalue weighted by Crippen LogP contribution is -2.30. The highest BCUT2D eigenvalue weighted by molar-refractivity contribution is 7.47. The zero-order valence-corrected chi connectivity index (χ0v) is 67.6. The van der Waals surface area contributed by atoms with Gasteiger partial charge in [-0.1, -0.05) is 364 Å². The highest BCUT2D eigenvalue weighted by Crippen LogP contribution is 2.45. The molecule has 19 heteroatoms. The van der Waals surface area contributed by atoms with Crippen LogP contribution in [0.1, 0.15) is 415 Å². The van der Waals surface area contributed by atoms with Crippen LogP contribution in [0, 0.1) is 23.7 Å². The molecule has 0 bridgehead atoms. The maximum Gasteiger partial charge on any atom is 0.472 e. The SMILES string of the molecule is CCC(C)CCCCCCCCCCCCCCCCC(=O)O[C@H](COC(=O)CCCCCCCCCCCCCCC(C)C)COP(=O)(O)OC[C@@H](O)COP(=O)(O)OC[C@@H](COC(=O)CCCCCCCCCCCC(C)C)OC(=O)CCCCCCCCCCCCCCC(C)C. The van der Waals surface area contributed by atoms with E-state index in [4.69, 9.17) is 37.0 Å². The van der Waals surface area contributed by atoms with Gasteiger partial charge in [-0.15, -0.1) is 0 Å². The minimum Gasteiger partial charge on any atom is -0.462 e. The Morgan fingerprint density at radius 2 is 0.480 bits per heavy atom. The fraction of sp³-hybridized carbons (Fsp3) is 0.951. The number of phosphoric acid groups is 2. The van der Waals surface area contributed by atoms with Crippen molar-refractivity contribution in [3.05, 3.63) is 0 Å². The monoisotopic (exact) mass is 1470 g/mol. The Labute approximate surface area is 613 Å². The maximum absolute atomic E-state index is 13.1. The number of carbonyl (C=O) groups excluding carboxylic acids is 4. The van der Waals surface area contributed by atoms with Crippen molar-refractivity contribution in [2.75, 3.05) is 39.6 Å². The molecule has 0 fully saturated rings. The van der Waals surface area contributed by atoms with Crippen LogP contribution in [-0.2, 0) is 65.4 Å². The molecule has 3 unspecified atom stereocenters. The molecule has 0 radical (unpaired) electrons. The van der Waals surface area contributed by atoms with E-state index >= 15 is 0 Å². The maximum atomic E-state index is 13.1. The lowest BCUT2D eigenvalue weighted by atomic mass is 9.99. The van der Waals surface area contributed by atoms with Gasteiger partial charge in [-0.2, -0.15) is 0 Å². The van der Waals surface area contributed by atoms with Gasteiger partial charge in [0.2, 0.25) is 0 Å². The molecule has 0 rings (SSSR count). The molecule has 100 heavy (non-hydrogen) atoms. The summed E-state index contributed by atoms with van der Waals surface area (Å²) in [6.07, 6.45) is 56.7. The Hall–Kier alpha value is -1.94. The Morgan fingerprint density at radius 3 is 0.710 bits per heavy atom. The van der Waals surface area contributed by atoms with Crippen molar-refractivity contribution >= 4 is 39.5 Å². The summed E-state index contributed by atoms with van der Waals surface area (Å²) in [6.45, 7) is 14.3. The summed E-state index contributed by atoms with van der Waals surface area (Å²) >= 11 is 0. The standard InChI is InChI=1S/C81H158O17P2/c1-9-74(8)60-52-44-36-28-20-12-10-11-13-22-30-39-47-55-63-80(85)97-76(67-91-78(83)61-53-45-37-29-21-16-14-18-25-33-41-49-57-71(2)3)69-95-99(87,88)93-65-75(82)66-94-100(89,90)96-70-77(68-92-79(84)62-54-46-38-32-24-27-35-43-51-59-73(6)7)98-81(86)64-56-48-40-31-23-17-15-19-26-34-42-50-58-72(4)5/h71-77,82H,9-70H2,1-8H3,(H,87,88)(H,89,90)/t74?,75-,76-,77-/m1/s1. The fourth-order valence-electron chi connectivity index (χ4n) is 12.4. The van der Waals surface area contributed by atoms with E-state index in [1.54, 1.807) is 0 Å². The molecule has 0 saturated carbocycles. The molecule has 3 N–H and O–H groups in total. The van der Waals surface area contributed by atoms with Crippen LogP contribution in [0.25, 0.3) is 0 Å². The average Bonchev–Trinajstić information content (AvgIpc) is 0.956. The number of rotatable bonds is 78. The van der Waals surface area contributed by atoms with E-state index in [1.807, 2.05) is 0 Å². The van der Waals surface area contributed by atoms with E-state index in [2.05, 4.69) is 55.4 Å². The first kappa shape index (κ1) is 98.1. The second-order valence-electron chi connectivity index (χ2n) is 30.8. The number of aliphatic hydroxyl groups excluding tert-OH is 1. The van der Waals surface area contributed by atoms with Crippen molar-refractivity contribution in [3.63, 3.8) is 0 Å². The highest BCUT2D eigenvalue weighted by atomic mass is 31.2. The Bertz CT molecular complexity index is 1960. The van der Waals surface area contributed by atoms with Crippen molar-refractivity contribution in [1.82, 2.24) is 0 Å². The molecular weight excluding hydrogens is 1310 g/mol. The molecule has 0 aliphatic heterocycles. The van der Waals surface area contributed by atoms with E-state index in [-0.39, 0.29) is 25.7 Å². The quantitative estimate of drug-likeness (QED) is 0.0222. The lowest BCUT2D eigenvalue weighted by Gasteiger charge is -2.21. The molecule has 6 atom stereocenters. The smallest absolute Gasteiger partial charge is 0.462 e. The third-order valence-electron chi connectivity index (χ3n) is 19.2. The van der Waals surface area contributed by atoms with Gasteiger partial charge < -0.3 is 33.8 Å². The second-order valence-corrected chi connectivity index (χ2v) is 33.7. The van der Waals surface area contributed by atoms with Crippen LogP contribution in [0.3, 0.4) is 0 Å². The van der Waals surface area contributed by atoms with Gasteiger partial charge >= 0.3 is 39.5 Å². The first-order chi connectivity index (χ1) is 48.1. The number of carbonyl (C=O) groups is 4. The van der Waals surface area contributed by atoms with E-state index in [1.165, 1.54) is 218 Å². The predicted octanol–water partition coefficient (Wildman–Crippen LogP) is 24.0. The van der Waals surface area contributed by atoms with Crippen molar-refractivity contribution in [2.45, 2.75) is 433 Å². The fourth-order valence-corrected chi connectivity index (χ4v) is 14.0.